The second-order valence-electron chi connectivity index (χ2n) is 5.62. The summed E-state index contributed by atoms with van der Waals surface area (Å²) in [5, 5.41) is 5.29. The summed E-state index contributed by atoms with van der Waals surface area (Å²) in [5.41, 5.74) is 2.66. The molecule has 4 aromatic rings. The maximum Gasteiger partial charge on any atom is -0.00431 e. The Bertz CT molecular complexity index is 920. The van der Waals surface area contributed by atoms with Crippen LogP contribution < -0.4 is 0 Å². The van der Waals surface area contributed by atoms with E-state index in [9.17, 15) is 0 Å². The summed E-state index contributed by atoms with van der Waals surface area (Å²) >= 11 is 0. The Balaban J connectivity index is 1.76. The van der Waals surface area contributed by atoms with Crippen molar-refractivity contribution in [2.45, 2.75) is 6.42 Å². The fourth-order valence-corrected chi connectivity index (χ4v) is 3.08. The highest BCUT2D eigenvalue weighted by molar-refractivity contribution is 6.08. The van der Waals surface area contributed by atoms with Gasteiger partial charge in [-0.2, -0.15) is 0 Å². The third-order valence-electron chi connectivity index (χ3n) is 4.22. The maximum absolute atomic E-state index is 2.33. The Labute approximate surface area is 131 Å². The smallest absolute Gasteiger partial charge is 0.00431 e. The molecule has 0 bridgehead atoms. The third-order valence-corrected chi connectivity index (χ3v) is 4.22. The molecule has 0 amide bonds. The van der Waals surface area contributed by atoms with E-state index < -0.39 is 0 Å². The molecule has 4 rings (SSSR count). The van der Waals surface area contributed by atoms with Crippen molar-refractivity contribution in [2.75, 3.05) is 0 Å². The fraction of sp³-hybridized carbons (Fsp3) is 0.0455. The number of benzene rings is 4. The Hall–Kier alpha value is -2.60. The van der Waals surface area contributed by atoms with Crippen molar-refractivity contribution in [3.05, 3.63) is 102 Å². The minimum atomic E-state index is 0.965. The van der Waals surface area contributed by atoms with Crippen LogP contribution in [0.5, 0.6) is 0 Å². The Kier molecular flexibility index (Phi) is 3.36. The van der Waals surface area contributed by atoms with Crippen LogP contribution in [-0.4, -0.2) is 0 Å². The summed E-state index contributed by atoms with van der Waals surface area (Å²) in [7, 11) is 0. The van der Waals surface area contributed by atoms with Gasteiger partial charge in [-0.25, -0.2) is 0 Å². The highest BCUT2D eigenvalue weighted by Gasteiger charge is 2.05. The molecule has 0 aliphatic heterocycles. The van der Waals surface area contributed by atoms with E-state index in [-0.39, 0.29) is 0 Å². The summed E-state index contributed by atoms with van der Waals surface area (Å²) in [6, 6.07) is 30.3. The molecule has 0 aromatic heterocycles. The average molecular weight is 281 g/mol. The molecule has 0 fully saturated rings. The molecule has 0 aliphatic rings. The van der Waals surface area contributed by atoms with Gasteiger partial charge in [0, 0.05) is 0 Å². The molecule has 0 heterocycles. The summed E-state index contributed by atoms with van der Waals surface area (Å²) in [6.45, 7) is 0. The van der Waals surface area contributed by atoms with Crippen molar-refractivity contribution in [3.8, 4) is 0 Å². The SMILES string of the molecule is [CH](Cc1ccccc1)c1cccc2c1ccc1ccccc12. The predicted octanol–water partition coefficient (Wildman–Crippen LogP) is 5.79. The van der Waals surface area contributed by atoms with Gasteiger partial charge in [0.15, 0.2) is 0 Å². The second-order valence-corrected chi connectivity index (χ2v) is 5.62. The highest BCUT2D eigenvalue weighted by Crippen LogP contribution is 2.28. The summed E-state index contributed by atoms with van der Waals surface area (Å²) in [4.78, 5) is 0. The molecule has 0 heteroatoms. The molecule has 4 aromatic carbocycles. The zero-order valence-electron chi connectivity index (χ0n) is 12.4. The van der Waals surface area contributed by atoms with Gasteiger partial charge in [-0.05, 0) is 45.5 Å². The second kappa shape index (κ2) is 5.65. The molecule has 0 atom stereocenters. The van der Waals surface area contributed by atoms with Crippen LogP contribution in [0.1, 0.15) is 11.1 Å². The first-order chi connectivity index (χ1) is 10.9. The van der Waals surface area contributed by atoms with Crippen LogP contribution >= 0.6 is 0 Å². The summed E-state index contributed by atoms with van der Waals surface area (Å²) in [6.07, 6.45) is 3.29. The van der Waals surface area contributed by atoms with E-state index in [1.54, 1.807) is 0 Å². The van der Waals surface area contributed by atoms with Gasteiger partial charge in [0.1, 0.15) is 0 Å². The lowest BCUT2D eigenvalue weighted by molar-refractivity contribution is 1.18. The lowest BCUT2D eigenvalue weighted by Gasteiger charge is -2.09. The largest absolute Gasteiger partial charge is 0.0622 e. The zero-order valence-corrected chi connectivity index (χ0v) is 12.4. The lowest BCUT2D eigenvalue weighted by atomic mass is 9.95. The van der Waals surface area contributed by atoms with Crippen LogP contribution in [0, 0.1) is 6.42 Å². The van der Waals surface area contributed by atoms with Crippen molar-refractivity contribution >= 4 is 21.5 Å². The van der Waals surface area contributed by atoms with Gasteiger partial charge in [0.2, 0.25) is 0 Å². The van der Waals surface area contributed by atoms with E-state index in [0.29, 0.717) is 0 Å². The maximum atomic E-state index is 2.33. The van der Waals surface area contributed by atoms with Crippen molar-refractivity contribution in [2.24, 2.45) is 0 Å². The standard InChI is InChI=1S/C22H17/c1-2-7-17(8-3-1)13-14-19-10-6-12-22-20-11-5-4-9-18(20)15-16-21(19)22/h1-12,14-16H,13H2. The van der Waals surface area contributed by atoms with Gasteiger partial charge in [-0.3, -0.25) is 0 Å². The summed E-state index contributed by atoms with van der Waals surface area (Å²) in [5.74, 6) is 0. The van der Waals surface area contributed by atoms with Gasteiger partial charge in [0.05, 0.1) is 0 Å². The molecule has 105 valence electrons. The van der Waals surface area contributed by atoms with Crippen LogP contribution in [0.3, 0.4) is 0 Å². The molecule has 0 nitrogen and oxygen atoms in total. The topological polar surface area (TPSA) is 0 Å². The molecule has 0 N–H and O–H groups in total. The van der Waals surface area contributed by atoms with Crippen molar-refractivity contribution in [3.63, 3.8) is 0 Å². The van der Waals surface area contributed by atoms with Crippen LogP contribution in [0.15, 0.2) is 84.9 Å². The first kappa shape index (κ1) is 13.1. The monoisotopic (exact) mass is 281 g/mol. The third kappa shape index (κ3) is 2.37. The Morgan fingerprint density at radius 2 is 1.32 bits per heavy atom. The number of hydrogen-bond acceptors (Lipinski definition) is 0. The minimum Gasteiger partial charge on any atom is -0.0622 e. The molecule has 0 unspecified atom stereocenters. The van der Waals surface area contributed by atoms with Gasteiger partial charge in [-0.15, -0.1) is 0 Å². The van der Waals surface area contributed by atoms with Crippen molar-refractivity contribution in [1.29, 1.82) is 0 Å². The Morgan fingerprint density at radius 3 is 2.23 bits per heavy atom. The van der Waals surface area contributed by atoms with Crippen LogP contribution in [0.4, 0.5) is 0 Å². The molecule has 0 aliphatic carbocycles. The normalized spacial score (nSPS) is 11.1. The quantitative estimate of drug-likeness (QED) is 0.417. The van der Waals surface area contributed by atoms with Gasteiger partial charge in [0.25, 0.3) is 0 Å². The first-order valence-electron chi connectivity index (χ1n) is 7.69. The van der Waals surface area contributed by atoms with E-state index >= 15 is 0 Å². The van der Waals surface area contributed by atoms with Crippen LogP contribution in [-0.2, 0) is 6.42 Å². The van der Waals surface area contributed by atoms with Crippen molar-refractivity contribution < 1.29 is 0 Å². The lowest BCUT2D eigenvalue weighted by Crippen LogP contribution is -1.90. The average Bonchev–Trinajstić information content (AvgIpc) is 2.60. The molecule has 1 radical (unpaired) electrons. The Morgan fingerprint density at radius 1 is 0.545 bits per heavy atom. The minimum absolute atomic E-state index is 0.965. The summed E-state index contributed by atoms with van der Waals surface area (Å²) < 4.78 is 0. The van der Waals surface area contributed by atoms with E-state index in [1.807, 2.05) is 0 Å². The molecule has 0 spiro atoms. The fourth-order valence-electron chi connectivity index (χ4n) is 3.08. The molecule has 0 saturated carbocycles. The molecular formula is C22H17. The van der Waals surface area contributed by atoms with E-state index in [1.165, 1.54) is 32.7 Å². The number of hydrogen-bond donors (Lipinski definition) is 0. The van der Waals surface area contributed by atoms with E-state index in [4.69, 9.17) is 0 Å². The first-order valence-corrected chi connectivity index (χ1v) is 7.69. The molecular weight excluding hydrogens is 264 g/mol. The van der Waals surface area contributed by atoms with Gasteiger partial charge < -0.3 is 0 Å². The van der Waals surface area contributed by atoms with E-state index in [2.05, 4.69) is 91.3 Å². The zero-order chi connectivity index (χ0) is 14.8. The van der Waals surface area contributed by atoms with Crippen molar-refractivity contribution in [1.82, 2.24) is 0 Å². The molecule has 0 saturated heterocycles. The van der Waals surface area contributed by atoms with Crippen LogP contribution in [0.2, 0.25) is 0 Å². The van der Waals surface area contributed by atoms with E-state index in [0.717, 1.165) is 6.42 Å². The molecule has 22 heavy (non-hydrogen) atoms. The van der Waals surface area contributed by atoms with Gasteiger partial charge in [-0.1, -0.05) is 84.9 Å². The van der Waals surface area contributed by atoms with Crippen LogP contribution in [0.25, 0.3) is 21.5 Å². The number of fused-ring (bicyclic) bond motifs is 3. The highest BCUT2D eigenvalue weighted by atomic mass is 14.1. The van der Waals surface area contributed by atoms with Gasteiger partial charge >= 0.3 is 0 Å². The predicted molar refractivity (Wildman–Crippen MR) is 95.0 cm³/mol. The number of rotatable bonds is 3.